The van der Waals surface area contributed by atoms with Gasteiger partial charge in [0, 0.05) is 6.42 Å². The number of nitrogens with two attached hydrogens (primary N) is 1. The number of hydrogen-bond donors (Lipinski definition) is 1. The number of aryl methyl sites for hydroxylation is 2. The van der Waals surface area contributed by atoms with Crippen LogP contribution in [0.5, 0.6) is 0 Å². The van der Waals surface area contributed by atoms with E-state index in [2.05, 4.69) is 57.1 Å². The largest absolute Gasteiger partial charge is 0.383 e. The van der Waals surface area contributed by atoms with Crippen molar-refractivity contribution in [3.63, 3.8) is 0 Å². The monoisotopic (exact) mass is 291 g/mol. The molecule has 2 N–H and O–H groups in total. The summed E-state index contributed by atoms with van der Waals surface area (Å²) < 4.78 is 0.783. The molecule has 0 aliphatic heterocycles. The molecule has 0 unspecified atom stereocenters. The number of hydrogen-bond acceptors (Lipinski definition) is 3. The fourth-order valence-corrected chi connectivity index (χ4v) is 1.79. The molecule has 0 atom stereocenters. The van der Waals surface area contributed by atoms with E-state index >= 15 is 0 Å². The fourth-order valence-electron chi connectivity index (χ4n) is 1.61. The summed E-state index contributed by atoms with van der Waals surface area (Å²) >= 11 is 3.36. The summed E-state index contributed by atoms with van der Waals surface area (Å²) in [7, 11) is 0. The van der Waals surface area contributed by atoms with Crippen molar-refractivity contribution in [1.29, 1.82) is 0 Å². The maximum atomic E-state index is 5.80. The summed E-state index contributed by atoms with van der Waals surface area (Å²) in [6, 6.07) is 8.35. The Morgan fingerprint density at radius 3 is 2.35 bits per heavy atom. The molecule has 0 amide bonds. The maximum Gasteiger partial charge on any atom is 0.141 e. The number of anilines is 1. The number of benzene rings is 1. The summed E-state index contributed by atoms with van der Waals surface area (Å²) in [5.41, 5.74) is 9.12. The molecule has 1 heterocycles. The Balaban J connectivity index is 2.27. The maximum absolute atomic E-state index is 5.80. The van der Waals surface area contributed by atoms with E-state index in [1.165, 1.54) is 11.1 Å². The molecule has 0 aliphatic carbocycles. The highest BCUT2D eigenvalue weighted by atomic mass is 79.9. The summed E-state index contributed by atoms with van der Waals surface area (Å²) in [6.07, 6.45) is 0.707. The first-order chi connectivity index (χ1) is 8.06. The van der Waals surface area contributed by atoms with Crippen LogP contribution in [0.3, 0.4) is 0 Å². The molecule has 2 aromatic rings. The first kappa shape index (κ1) is 12.0. The average molecular weight is 292 g/mol. The number of aromatic nitrogens is 2. The van der Waals surface area contributed by atoms with Crippen molar-refractivity contribution in [2.45, 2.75) is 20.3 Å². The average Bonchev–Trinajstić information content (AvgIpc) is 2.29. The third kappa shape index (κ3) is 2.82. The number of rotatable bonds is 2. The smallest absolute Gasteiger partial charge is 0.141 e. The zero-order chi connectivity index (χ0) is 12.4. The van der Waals surface area contributed by atoms with Gasteiger partial charge in [-0.05, 0) is 35.3 Å². The lowest BCUT2D eigenvalue weighted by molar-refractivity contribution is 0.940. The first-order valence-corrected chi connectivity index (χ1v) is 6.19. The number of nitrogens with zero attached hydrogens (tertiary/aromatic N) is 2. The molecule has 0 saturated heterocycles. The molecule has 1 aromatic heterocycles. The van der Waals surface area contributed by atoms with Crippen molar-refractivity contribution in [2.24, 2.45) is 0 Å². The van der Waals surface area contributed by atoms with Crippen molar-refractivity contribution < 1.29 is 0 Å². The van der Waals surface area contributed by atoms with Gasteiger partial charge in [-0.1, -0.05) is 29.8 Å². The minimum absolute atomic E-state index is 0.500. The van der Waals surface area contributed by atoms with E-state index in [-0.39, 0.29) is 0 Å². The van der Waals surface area contributed by atoms with E-state index < -0.39 is 0 Å². The normalized spacial score (nSPS) is 10.5. The van der Waals surface area contributed by atoms with Gasteiger partial charge in [0.25, 0.3) is 0 Å². The van der Waals surface area contributed by atoms with Crippen LogP contribution in [-0.2, 0) is 6.42 Å². The minimum Gasteiger partial charge on any atom is -0.383 e. The molecule has 4 heteroatoms. The predicted molar refractivity (Wildman–Crippen MR) is 72.9 cm³/mol. The molecule has 0 spiro atoms. The van der Waals surface area contributed by atoms with Crippen LogP contribution in [0.15, 0.2) is 28.7 Å². The van der Waals surface area contributed by atoms with Gasteiger partial charge >= 0.3 is 0 Å². The van der Waals surface area contributed by atoms with Crippen molar-refractivity contribution >= 4 is 21.7 Å². The minimum atomic E-state index is 0.500. The van der Waals surface area contributed by atoms with Crippen molar-refractivity contribution in [1.82, 2.24) is 9.97 Å². The van der Waals surface area contributed by atoms with Gasteiger partial charge in [-0.3, -0.25) is 0 Å². The van der Waals surface area contributed by atoms with E-state index in [1.807, 2.05) is 6.92 Å². The molecule has 3 nitrogen and oxygen atoms in total. The van der Waals surface area contributed by atoms with Gasteiger partial charge in [0.05, 0.1) is 10.2 Å². The number of halogens is 1. The van der Waals surface area contributed by atoms with E-state index in [4.69, 9.17) is 5.73 Å². The lowest BCUT2D eigenvalue weighted by atomic mass is 10.1. The summed E-state index contributed by atoms with van der Waals surface area (Å²) in [5.74, 6) is 1.26. The van der Waals surface area contributed by atoms with Gasteiger partial charge < -0.3 is 5.73 Å². The summed E-state index contributed by atoms with van der Waals surface area (Å²) in [4.78, 5) is 8.68. The van der Waals surface area contributed by atoms with Gasteiger partial charge in [-0.2, -0.15) is 0 Å². The Morgan fingerprint density at radius 2 is 1.76 bits per heavy atom. The van der Waals surface area contributed by atoms with E-state index in [1.54, 1.807) is 0 Å². The quantitative estimate of drug-likeness (QED) is 0.925. The SMILES string of the molecule is Cc1ccc(Cc2nc(C)c(Br)c(N)n2)cc1. The van der Waals surface area contributed by atoms with Gasteiger partial charge in [0.2, 0.25) is 0 Å². The van der Waals surface area contributed by atoms with E-state index in [0.29, 0.717) is 12.2 Å². The van der Waals surface area contributed by atoms with Gasteiger partial charge in [-0.25, -0.2) is 9.97 Å². The van der Waals surface area contributed by atoms with Crippen LogP contribution in [0.25, 0.3) is 0 Å². The Morgan fingerprint density at radius 1 is 1.12 bits per heavy atom. The first-order valence-electron chi connectivity index (χ1n) is 5.40. The molecular formula is C13H14BrN3. The van der Waals surface area contributed by atoms with Crippen LogP contribution >= 0.6 is 15.9 Å². The Bertz CT molecular complexity index is 512. The molecule has 2 rings (SSSR count). The third-order valence-corrected chi connectivity index (χ3v) is 3.55. The van der Waals surface area contributed by atoms with Gasteiger partial charge in [-0.15, -0.1) is 0 Å². The number of nitrogen functional groups attached to an aromatic ring is 1. The second kappa shape index (κ2) is 4.84. The zero-order valence-electron chi connectivity index (χ0n) is 9.87. The van der Waals surface area contributed by atoms with E-state index in [0.717, 1.165) is 16.0 Å². The zero-order valence-corrected chi connectivity index (χ0v) is 11.5. The standard InChI is InChI=1S/C13H14BrN3/c1-8-3-5-10(6-4-8)7-11-16-9(2)12(14)13(15)17-11/h3-6H,7H2,1-2H3,(H2,15,16,17). The summed E-state index contributed by atoms with van der Waals surface area (Å²) in [6.45, 7) is 3.99. The highest BCUT2D eigenvalue weighted by Crippen LogP contribution is 2.20. The molecule has 0 bridgehead atoms. The van der Waals surface area contributed by atoms with E-state index in [9.17, 15) is 0 Å². The van der Waals surface area contributed by atoms with Crippen LogP contribution in [0.4, 0.5) is 5.82 Å². The molecule has 0 radical (unpaired) electrons. The molecule has 17 heavy (non-hydrogen) atoms. The van der Waals surface area contributed by atoms with Crippen LogP contribution in [0.2, 0.25) is 0 Å². The highest BCUT2D eigenvalue weighted by Gasteiger charge is 2.07. The predicted octanol–water partition coefficient (Wildman–Crippen LogP) is 3.03. The second-order valence-electron chi connectivity index (χ2n) is 4.09. The summed E-state index contributed by atoms with van der Waals surface area (Å²) in [5, 5.41) is 0. The Hall–Kier alpha value is -1.42. The van der Waals surface area contributed by atoms with Crippen molar-refractivity contribution in [3.05, 3.63) is 51.4 Å². The molecule has 0 fully saturated rings. The fraction of sp³-hybridized carbons (Fsp3) is 0.231. The lowest BCUT2D eigenvalue weighted by Gasteiger charge is -2.06. The molecular weight excluding hydrogens is 278 g/mol. The molecule has 1 aromatic carbocycles. The lowest BCUT2D eigenvalue weighted by Crippen LogP contribution is -2.03. The second-order valence-corrected chi connectivity index (χ2v) is 4.88. The Labute approximate surface area is 109 Å². The third-order valence-electron chi connectivity index (χ3n) is 2.57. The molecule has 0 aliphatic rings. The molecule has 88 valence electrons. The van der Waals surface area contributed by atoms with Crippen LogP contribution < -0.4 is 5.73 Å². The van der Waals surface area contributed by atoms with Gasteiger partial charge in [0.1, 0.15) is 11.6 Å². The molecule has 0 saturated carbocycles. The van der Waals surface area contributed by atoms with Gasteiger partial charge in [0.15, 0.2) is 0 Å². The van der Waals surface area contributed by atoms with Crippen molar-refractivity contribution in [2.75, 3.05) is 5.73 Å². The van der Waals surface area contributed by atoms with Crippen molar-refractivity contribution in [3.8, 4) is 0 Å². The van der Waals surface area contributed by atoms with Crippen LogP contribution in [0.1, 0.15) is 22.6 Å². The van der Waals surface area contributed by atoms with Crippen LogP contribution in [0, 0.1) is 13.8 Å². The Kier molecular flexibility index (Phi) is 3.43. The van der Waals surface area contributed by atoms with Crippen LogP contribution in [-0.4, -0.2) is 9.97 Å². The highest BCUT2D eigenvalue weighted by molar-refractivity contribution is 9.10. The topological polar surface area (TPSA) is 51.8 Å².